The number of nitrogens with one attached hydrogen (secondary N) is 1. The van der Waals surface area contributed by atoms with E-state index in [4.69, 9.17) is 10.2 Å². The van der Waals surface area contributed by atoms with Crippen LogP contribution >= 0.6 is 11.8 Å². The molecule has 84 valence electrons. The van der Waals surface area contributed by atoms with Crippen LogP contribution in [0.5, 0.6) is 0 Å². The van der Waals surface area contributed by atoms with E-state index in [1.165, 1.54) is 11.8 Å². The molecule has 0 saturated carbocycles. The lowest BCUT2D eigenvalue weighted by Gasteiger charge is -2.05. The van der Waals surface area contributed by atoms with Crippen molar-refractivity contribution in [3.8, 4) is 0 Å². The summed E-state index contributed by atoms with van der Waals surface area (Å²) in [7, 11) is 0. The van der Waals surface area contributed by atoms with Gasteiger partial charge in [-0.2, -0.15) is 0 Å². The first-order valence-corrected chi connectivity index (χ1v) is 5.94. The van der Waals surface area contributed by atoms with Crippen molar-refractivity contribution < 1.29 is 4.42 Å². The van der Waals surface area contributed by atoms with Crippen molar-refractivity contribution in [2.75, 3.05) is 17.3 Å². The zero-order valence-electron chi connectivity index (χ0n) is 8.80. The van der Waals surface area contributed by atoms with Gasteiger partial charge in [0.15, 0.2) is 5.16 Å². The van der Waals surface area contributed by atoms with E-state index in [9.17, 15) is 0 Å². The molecule has 2 aromatic heterocycles. The molecular weight excluding hydrogens is 224 g/mol. The third kappa shape index (κ3) is 2.66. The molecule has 5 nitrogen and oxygen atoms in total. The molecular formula is C10H12N4OS. The van der Waals surface area contributed by atoms with Crippen LogP contribution in [0.25, 0.3) is 0 Å². The van der Waals surface area contributed by atoms with Crippen LogP contribution in [0, 0.1) is 0 Å². The van der Waals surface area contributed by atoms with Gasteiger partial charge >= 0.3 is 0 Å². The van der Waals surface area contributed by atoms with Gasteiger partial charge in [0, 0.05) is 18.2 Å². The highest BCUT2D eigenvalue weighted by Gasteiger charge is 2.01. The number of rotatable bonds is 4. The van der Waals surface area contributed by atoms with E-state index in [1.807, 2.05) is 12.3 Å². The zero-order chi connectivity index (χ0) is 11.4. The molecule has 2 aromatic rings. The van der Waals surface area contributed by atoms with E-state index in [2.05, 4.69) is 15.3 Å². The smallest absolute Gasteiger partial charge is 0.191 e. The highest BCUT2D eigenvalue weighted by Crippen LogP contribution is 2.15. The number of furan rings is 1. The number of hydrogen-bond acceptors (Lipinski definition) is 6. The maximum atomic E-state index is 5.66. The van der Waals surface area contributed by atoms with Crippen molar-refractivity contribution in [1.82, 2.24) is 9.97 Å². The lowest BCUT2D eigenvalue weighted by atomic mass is 10.3. The van der Waals surface area contributed by atoms with Crippen LogP contribution in [0.2, 0.25) is 0 Å². The fourth-order valence-electron chi connectivity index (χ4n) is 1.21. The van der Waals surface area contributed by atoms with Crippen LogP contribution in [0.4, 0.5) is 11.6 Å². The second-order valence-electron chi connectivity index (χ2n) is 3.15. The number of nitrogens with zero attached hydrogens (tertiary/aromatic N) is 2. The minimum Gasteiger partial charge on any atom is -0.472 e. The average Bonchev–Trinajstić information content (AvgIpc) is 2.78. The summed E-state index contributed by atoms with van der Waals surface area (Å²) in [5, 5.41) is 3.82. The first kappa shape index (κ1) is 10.8. The molecule has 0 aromatic carbocycles. The normalized spacial score (nSPS) is 10.3. The minimum absolute atomic E-state index is 0.467. The van der Waals surface area contributed by atoms with Crippen LogP contribution in [0.15, 0.2) is 34.2 Å². The molecule has 0 atom stereocenters. The molecule has 2 rings (SSSR count). The van der Waals surface area contributed by atoms with Crippen molar-refractivity contribution in [3.63, 3.8) is 0 Å². The molecule has 0 radical (unpaired) electrons. The number of nitrogens with two attached hydrogens (primary N) is 1. The summed E-state index contributed by atoms with van der Waals surface area (Å²) >= 11 is 1.46. The number of anilines is 2. The quantitative estimate of drug-likeness (QED) is 0.624. The van der Waals surface area contributed by atoms with Gasteiger partial charge in [-0.15, -0.1) is 0 Å². The first-order chi connectivity index (χ1) is 7.78. The Morgan fingerprint density at radius 1 is 1.50 bits per heavy atom. The second-order valence-corrected chi connectivity index (χ2v) is 3.92. The fourth-order valence-corrected chi connectivity index (χ4v) is 1.60. The van der Waals surface area contributed by atoms with Gasteiger partial charge in [-0.05, 0) is 12.3 Å². The Bertz CT molecular complexity index is 458. The molecule has 0 bridgehead atoms. The third-order valence-electron chi connectivity index (χ3n) is 1.96. The van der Waals surface area contributed by atoms with E-state index in [0.29, 0.717) is 17.5 Å². The lowest BCUT2D eigenvalue weighted by molar-refractivity contribution is 0.564. The Morgan fingerprint density at radius 3 is 3.06 bits per heavy atom. The van der Waals surface area contributed by atoms with E-state index >= 15 is 0 Å². The van der Waals surface area contributed by atoms with Gasteiger partial charge < -0.3 is 15.5 Å². The summed E-state index contributed by atoms with van der Waals surface area (Å²) in [5.74, 6) is 1.19. The van der Waals surface area contributed by atoms with Crippen LogP contribution in [0.1, 0.15) is 5.56 Å². The standard InChI is InChI=1S/C10H12N4OS/c1-16-10-13-8(11)4-9(14-10)12-5-7-2-3-15-6-7/h2-4,6H,5H2,1H3,(H3,11,12,13,14). The maximum absolute atomic E-state index is 5.66. The van der Waals surface area contributed by atoms with Crippen molar-refractivity contribution in [2.24, 2.45) is 0 Å². The number of aromatic nitrogens is 2. The Kier molecular flexibility index (Phi) is 3.31. The Hall–Kier alpha value is -1.69. The molecule has 3 N–H and O–H groups in total. The molecule has 0 aliphatic carbocycles. The highest BCUT2D eigenvalue weighted by molar-refractivity contribution is 7.98. The van der Waals surface area contributed by atoms with Gasteiger partial charge in [-0.25, -0.2) is 9.97 Å². The number of thioether (sulfide) groups is 1. The Labute approximate surface area is 97.5 Å². The van der Waals surface area contributed by atoms with Gasteiger partial charge in [0.2, 0.25) is 0 Å². The van der Waals surface area contributed by atoms with Crippen LogP contribution in [-0.2, 0) is 6.54 Å². The predicted molar refractivity (Wildman–Crippen MR) is 64.3 cm³/mol. The zero-order valence-corrected chi connectivity index (χ0v) is 9.62. The summed E-state index contributed by atoms with van der Waals surface area (Å²) in [6, 6.07) is 3.60. The van der Waals surface area contributed by atoms with Gasteiger partial charge in [0.25, 0.3) is 0 Å². The van der Waals surface area contributed by atoms with Crippen LogP contribution < -0.4 is 11.1 Å². The van der Waals surface area contributed by atoms with E-state index in [1.54, 1.807) is 18.6 Å². The molecule has 0 unspecified atom stereocenters. The maximum Gasteiger partial charge on any atom is 0.191 e. The van der Waals surface area contributed by atoms with Gasteiger partial charge in [0.05, 0.1) is 12.5 Å². The molecule has 0 aliphatic heterocycles. The molecule has 0 saturated heterocycles. The highest BCUT2D eigenvalue weighted by atomic mass is 32.2. The Balaban J connectivity index is 2.06. The predicted octanol–water partition coefficient (Wildman–Crippen LogP) is 1.99. The molecule has 0 fully saturated rings. The van der Waals surface area contributed by atoms with Crippen LogP contribution in [0.3, 0.4) is 0 Å². The van der Waals surface area contributed by atoms with Crippen LogP contribution in [-0.4, -0.2) is 16.2 Å². The lowest BCUT2D eigenvalue weighted by Crippen LogP contribution is -2.03. The first-order valence-electron chi connectivity index (χ1n) is 4.71. The summed E-state index contributed by atoms with van der Waals surface area (Å²) in [6.07, 6.45) is 5.24. The van der Waals surface area contributed by atoms with Gasteiger partial charge in [0.1, 0.15) is 11.6 Å². The SMILES string of the molecule is CSc1nc(N)cc(NCc2ccoc2)n1. The van der Waals surface area contributed by atoms with Crippen molar-refractivity contribution in [3.05, 3.63) is 30.2 Å². The van der Waals surface area contributed by atoms with Gasteiger partial charge in [-0.1, -0.05) is 11.8 Å². The summed E-state index contributed by atoms with van der Waals surface area (Å²) < 4.78 is 4.97. The third-order valence-corrected chi connectivity index (χ3v) is 2.51. The molecule has 0 spiro atoms. The van der Waals surface area contributed by atoms with Crippen molar-refractivity contribution in [1.29, 1.82) is 0 Å². The molecule has 0 aliphatic rings. The summed E-state index contributed by atoms with van der Waals surface area (Å²) in [6.45, 7) is 0.654. The average molecular weight is 236 g/mol. The fraction of sp³-hybridized carbons (Fsp3) is 0.200. The monoisotopic (exact) mass is 236 g/mol. The van der Waals surface area contributed by atoms with Crippen molar-refractivity contribution >= 4 is 23.4 Å². The topological polar surface area (TPSA) is 77.0 Å². The summed E-state index contributed by atoms with van der Waals surface area (Å²) in [5.41, 5.74) is 6.72. The minimum atomic E-state index is 0.467. The number of hydrogen-bond donors (Lipinski definition) is 2. The van der Waals surface area contributed by atoms with E-state index < -0.39 is 0 Å². The number of nitrogen functional groups attached to an aromatic ring is 1. The van der Waals surface area contributed by atoms with Gasteiger partial charge in [-0.3, -0.25) is 0 Å². The second kappa shape index (κ2) is 4.89. The summed E-state index contributed by atoms with van der Waals surface area (Å²) in [4.78, 5) is 8.35. The molecule has 16 heavy (non-hydrogen) atoms. The molecule has 0 amide bonds. The molecule has 6 heteroatoms. The van der Waals surface area contributed by atoms with E-state index in [0.717, 1.165) is 11.4 Å². The largest absolute Gasteiger partial charge is 0.472 e. The Morgan fingerprint density at radius 2 is 2.38 bits per heavy atom. The van der Waals surface area contributed by atoms with Crippen molar-refractivity contribution in [2.45, 2.75) is 11.7 Å². The van der Waals surface area contributed by atoms with E-state index in [-0.39, 0.29) is 0 Å². The molecule has 2 heterocycles.